The van der Waals surface area contributed by atoms with Gasteiger partial charge in [0.1, 0.15) is 0 Å². The molecular weight excluding hydrogens is 330 g/mol. The Kier molecular flexibility index (Phi) is 6.07. The van der Waals surface area contributed by atoms with Crippen molar-refractivity contribution in [1.29, 1.82) is 0 Å². The van der Waals surface area contributed by atoms with Crippen molar-refractivity contribution in [2.75, 3.05) is 0 Å². The molecule has 0 saturated heterocycles. The number of para-hydroxylation sites is 1. The molecule has 3 rings (SSSR count). The Hall–Kier alpha value is -2.78. The minimum Gasteiger partial charge on any atom is -0.261 e. The Bertz CT molecular complexity index is 856. The lowest BCUT2D eigenvalue weighted by Crippen LogP contribution is -1.97. The van der Waals surface area contributed by atoms with Gasteiger partial charge in [0, 0.05) is 41.7 Å². The molecule has 0 atom stereocenters. The standard InChI is InChI=1S/C21H18ClN3/c22-17-9-11-19(12-10-17)24-16-14-21-8-4-7-20(25-21)13-15-23-18-5-2-1-3-6-18/h1-12,15-16H,13-14H2. The first kappa shape index (κ1) is 17.1. The highest BCUT2D eigenvalue weighted by molar-refractivity contribution is 6.30. The van der Waals surface area contributed by atoms with Crippen molar-refractivity contribution in [2.24, 2.45) is 9.98 Å². The molecule has 0 unspecified atom stereocenters. The van der Waals surface area contributed by atoms with Gasteiger partial charge in [-0.05, 0) is 48.5 Å². The van der Waals surface area contributed by atoms with Crippen LogP contribution in [0, 0.1) is 0 Å². The predicted molar refractivity (Wildman–Crippen MR) is 106 cm³/mol. The second-order valence-corrected chi connectivity index (χ2v) is 5.90. The molecule has 1 heterocycles. The fraction of sp³-hybridized carbons (Fsp3) is 0.0952. The van der Waals surface area contributed by atoms with Crippen LogP contribution >= 0.6 is 11.6 Å². The van der Waals surface area contributed by atoms with E-state index in [9.17, 15) is 0 Å². The topological polar surface area (TPSA) is 37.6 Å². The summed E-state index contributed by atoms with van der Waals surface area (Å²) >= 11 is 5.87. The van der Waals surface area contributed by atoms with E-state index in [1.165, 1.54) is 0 Å². The van der Waals surface area contributed by atoms with Gasteiger partial charge in [0.2, 0.25) is 0 Å². The van der Waals surface area contributed by atoms with Crippen LogP contribution in [0.25, 0.3) is 0 Å². The van der Waals surface area contributed by atoms with Crippen LogP contribution in [0.3, 0.4) is 0 Å². The molecule has 2 aromatic carbocycles. The van der Waals surface area contributed by atoms with E-state index in [0.717, 1.165) is 22.8 Å². The van der Waals surface area contributed by atoms with Crippen molar-refractivity contribution in [3.8, 4) is 0 Å². The smallest absolute Gasteiger partial charge is 0.0626 e. The van der Waals surface area contributed by atoms with Crippen LogP contribution < -0.4 is 0 Å². The summed E-state index contributed by atoms with van der Waals surface area (Å²) < 4.78 is 0. The Morgan fingerprint density at radius 1 is 0.680 bits per heavy atom. The van der Waals surface area contributed by atoms with Crippen molar-refractivity contribution < 1.29 is 0 Å². The minimum absolute atomic E-state index is 0.687. The van der Waals surface area contributed by atoms with Crippen LogP contribution in [-0.4, -0.2) is 17.4 Å². The molecule has 3 aromatic rings. The van der Waals surface area contributed by atoms with Crippen molar-refractivity contribution in [3.05, 3.63) is 89.2 Å². The number of rotatable bonds is 6. The second-order valence-electron chi connectivity index (χ2n) is 5.46. The van der Waals surface area contributed by atoms with Crippen molar-refractivity contribution in [1.82, 2.24) is 4.98 Å². The number of hydrogen-bond acceptors (Lipinski definition) is 3. The number of pyridine rings is 1. The molecule has 0 aliphatic heterocycles. The largest absolute Gasteiger partial charge is 0.261 e. The Balaban J connectivity index is 1.57. The van der Waals surface area contributed by atoms with Crippen LogP contribution in [0.15, 0.2) is 82.8 Å². The van der Waals surface area contributed by atoms with Crippen molar-refractivity contribution in [2.45, 2.75) is 12.8 Å². The summed E-state index contributed by atoms with van der Waals surface area (Å²) in [5.41, 5.74) is 3.82. The first-order valence-electron chi connectivity index (χ1n) is 8.10. The summed E-state index contributed by atoms with van der Waals surface area (Å²) in [7, 11) is 0. The molecule has 0 fully saturated rings. The molecule has 3 nitrogen and oxygen atoms in total. The maximum absolute atomic E-state index is 5.87. The van der Waals surface area contributed by atoms with E-state index in [4.69, 9.17) is 11.6 Å². The number of hydrogen-bond donors (Lipinski definition) is 0. The highest BCUT2D eigenvalue weighted by atomic mass is 35.5. The molecule has 4 heteroatoms. The molecule has 0 N–H and O–H groups in total. The van der Waals surface area contributed by atoms with Gasteiger partial charge in [-0.25, -0.2) is 0 Å². The van der Waals surface area contributed by atoms with E-state index in [1.807, 2.05) is 85.2 Å². The first-order valence-corrected chi connectivity index (χ1v) is 8.48. The summed E-state index contributed by atoms with van der Waals surface area (Å²) in [6.45, 7) is 0. The van der Waals surface area contributed by atoms with Crippen LogP contribution in [0.2, 0.25) is 5.02 Å². The fourth-order valence-corrected chi connectivity index (χ4v) is 2.41. The molecule has 1 aromatic heterocycles. The summed E-state index contributed by atoms with van der Waals surface area (Å²) in [5.74, 6) is 0. The Morgan fingerprint density at radius 2 is 1.24 bits per heavy atom. The lowest BCUT2D eigenvalue weighted by Gasteiger charge is -2.00. The molecule has 0 saturated carbocycles. The molecule has 0 bridgehead atoms. The molecule has 0 aliphatic carbocycles. The summed E-state index contributed by atoms with van der Waals surface area (Å²) in [4.78, 5) is 13.5. The molecule has 25 heavy (non-hydrogen) atoms. The Morgan fingerprint density at radius 3 is 1.84 bits per heavy atom. The normalized spacial score (nSPS) is 11.4. The lowest BCUT2D eigenvalue weighted by atomic mass is 10.2. The van der Waals surface area contributed by atoms with E-state index in [-0.39, 0.29) is 0 Å². The van der Waals surface area contributed by atoms with E-state index in [2.05, 4.69) is 15.0 Å². The highest BCUT2D eigenvalue weighted by Gasteiger charge is 1.96. The molecule has 0 aliphatic rings. The van der Waals surface area contributed by atoms with Crippen LogP contribution in [-0.2, 0) is 12.8 Å². The van der Waals surface area contributed by atoms with Gasteiger partial charge in [-0.2, -0.15) is 0 Å². The first-order chi connectivity index (χ1) is 12.3. The maximum Gasteiger partial charge on any atom is 0.0626 e. The van der Waals surface area contributed by atoms with Gasteiger partial charge in [0.25, 0.3) is 0 Å². The quantitative estimate of drug-likeness (QED) is 0.533. The predicted octanol–water partition coefficient (Wildman–Crippen LogP) is 5.63. The zero-order valence-electron chi connectivity index (χ0n) is 13.7. The third-order valence-electron chi connectivity index (χ3n) is 3.53. The van der Waals surface area contributed by atoms with Crippen LogP contribution in [0.5, 0.6) is 0 Å². The van der Waals surface area contributed by atoms with E-state index < -0.39 is 0 Å². The molecule has 0 radical (unpaired) electrons. The Labute approximate surface area is 152 Å². The van der Waals surface area contributed by atoms with Crippen LogP contribution in [0.1, 0.15) is 11.4 Å². The average molecular weight is 348 g/mol. The monoisotopic (exact) mass is 347 g/mol. The van der Waals surface area contributed by atoms with Gasteiger partial charge in [0.15, 0.2) is 0 Å². The zero-order valence-corrected chi connectivity index (χ0v) is 14.5. The number of aliphatic imine (C=N–C) groups is 2. The van der Waals surface area contributed by atoms with Gasteiger partial charge in [0.05, 0.1) is 11.4 Å². The van der Waals surface area contributed by atoms with Gasteiger partial charge in [-0.15, -0.1) is 0 Å². The van der Waals surface area contributed by atoms with Crippen molar-refractivity contribution >= 4 is 35.4 Å². The average Bonchev–Trinajstić information content (AvgIpc) is 2.65. The SMILES string of the molecule is Clc1ccc(N=CCc2cccc(CC=Nc3ccccc3)n2)cc1. The molecule has 124 valence electrons. The number of benzene rings is 2. The second kappa shape index (κ2) is 8.90. The zero-order chi connectivity index (χ0) is 17.3. The maximum atomic E-state index is 5.87. The lowest BCUT2D eigenvalue weighted by molar-refractivity contribution is 1.06. The number of aromatic nitrogens is 1. The summed E-state index contributed by atoms with van der Waals surface area (Å²) in [6, 6.07) is 23.4. The van der Waals surface area contributed by atoms with E-state index >= 15 is 0 Å². The van der Waals surface area contributed by atoms with Gasteiger partial charge in [-0.1, -0.05) is 35.9 Å². The molecule has 0 spiro atoms. The van der Waals surface area contributed by atoms with Crippen molar-refractivity contribution in [3.63, 3.8) is 0 Å². The fourth-order valence-electron chi connectivity index (χ4n) is 2.29. The van der Waals surface area contributed by atoms with E-state index in [0.29, 0.717) is 17.9 Å². The van der Waals surface area contributed by atoms with Gasteiger partial charge in [-0.3, -0.25) is 15.0 Å². The number of nitrogens with zero attached hydrogens (tertiary/aromatic N) is 3. The summed E-state index contributed by atoms with van der Waals surface area (Å²) in [5, 5.41) is 0.713. The van der Waals surface area contributed by atoms with Gasteiger partial charge < -0.3 is 0 Å². The van der Waals surface area contributed by atoms with Crippen LogP contribution in [0.4, 0.5) is 11.4 Å². The third kappa shape index (κ3) is 5.66. The highest BCUT2D eigenvalue weighted by Crippen LogP contribution is 2.15. The minimum atomic E-state index is 0.687. The third-order valence-corrected chi connectivity index (χ3v) is 3.78. The summed E-state index contributed by atoms with van der Waals surface area (Å²) in [6.07, 6.45) is 5.15. The molecule has 0 amide bonds. The molecular formula is C21H18ClN3. The van der Waals surface area contributed by atoms with Gasteiger partial charge >= 0.3 is 0 Å². The number of halogens is 1. The van der Waals surface area contributed by atoms with E-state index in [1.54, 1.807) is 0 Å².